The van der Waals surface area contributed by atoms with Crippen molar-refractivity contribution in [1.29, 1.82) is 0 Å². The van der Waals surface area contributed by atoms with E-state index in [4.69, 9.17) is 4.42 Å². The van der Waals surface area contributed by atoms with Gasteiger partial charge in [0.2, 0.25) is 0 Å². The molecule has 0 unspecified atom stereocenters. The highest BCUT2D eigenvalue weighted by Crippen LogP contribution is 2.22. The first-order chi connectivity index (χ1) is 9.28. The van der Waals surface area contributed by atoms with Gasteiger partial charge in [-0.05, 0) is 19.1 Å². The normalized spacial score (nSPS) is 11.9. The Morgan fingerprint density at radius 2 is 1.79 bits per heavy atom. The number of nitrogens with zero attached hydrogens (tertiary/aromatic N) is 1. The summed E-state index contributed by atoms with van der Waals surface area (Å²) < 4.78 is 5.87. The molecule has 3 aromatic rings. The summed E-state index contributed by atoms with van der Waals surface area (Å²) in [4.78, 5) is 0. The zero-order chi connectivity index (χ0) is 13.2. The van der Waals surface area contributed by atoms with Crippen LogP contribution in [0.25, 0.3) is 22.3 Å². The third-order valence-corrected chi connectivity index (χ3v) is 3.06. The minimum absolute atomic E-state index is 0.517. The van der Waals surface area contributed by atoms with Crippen LogP contribution in [0.5, 0.6) is 0 Å². The molecule has 0 fully saturated rings. The maximum absolute atomic E-state index is 9.18. The minimum Gasteiger partial charge on any atom is -0.456 e. The quantitative estimate of drug-likeness (QED) is 0.529. The van der Waals surface area contributed by atoms with E-state index in [9.17, 15) is 5.21 Å². The molecule has 1 aromatic heterocycles. The molecule has 19 heavy (non-hydrogen) atoms. The van der Waals surface area contributed by atoms with Crippen molar-refractivity contribution in [2.24, 2.45) is 5.16 Å². The standard InChI is InChI=1S/C16H13NO2/c1-11-7-8-15-13(9-11)14(17-18)10-16(19-15)12-5-3-2-4-6-12/h2-10,18H,1H3/b17-14+. The van der Waals surface area contributed by atoms with Crippen LogP contribution in [0.2, 0.25) is 0 Å². The summed E-state index contributed by atoms with van der Waals surface area (Å²) in [6.45, 7) is 1.99. The van der Waals surface area contributed by atoms with Crippen molar-refractivity contribution in [3.63, 3.8) is 0 Å². The summed E-state index contributed by atoms with van der Waals surface area (Å²) >= 11 is 0. The molecule has 3 nitrogen and oxygen atoms in total. The first kappa shape index (κ1) is 11.5. The van der Waals surface area contributed by atoms with Gasteiger partial charge in [0.05, 0.1) is 0 Å². The molecule has 1 heterocycles. The van der Waals surface area contributed by atoms with Gasteiger partial charge in [-0.1, -0.05) is 47.1 Å². The summed E-state index contributed by atoms with van der Waals surface area (Å²) in [5, 5.41) is 13.9. The number of aryl methyl sites for hydroxylation is 1. The third kappa shape index (κ3) is 2.10. The van der Waals surface area contributed by atoms with Crippen molar-refractivity contribution in [2.45, 2.75) is 6.92 Å². The van der Waals surface area contributed by atoms with E-state index in [-0.39, 0.29) is 0 Å². The maximum Gasteiger partial charge on any atom is 0.137 e. The lowest BCUT2D eigenvalue weighted by molar-refractivity contribution is 0.302. The number of fused-ring (bicyclic) bond motifs is 1. The fraction of sp³-hybridized carbons (Fsp3) is 0.0625. The van der Waals surface area contributed by atoms with Crippen molar-refractivity contribution in [3.05, 3.63) is 65.5 Å². The van der Waals surface area contributed by atoms with Crippen molar-refractivity contribution in [2.75, 3.05) is 0 Å². The van der Waals surface area contributed by atoms with E-state index >= 15 is 0 Å². The van der Waals surface area contributed by atoms with Gasteiger partial charge >= 0.3 is 0 Å². The molecular weight excluding hydrogens is 238 g/mol. The molecule has 0 spiro atoms. The van der Waals surface area contributed by atoms with E-state index in [0.29, 0.717) is 16.7 Å². The summed E-state index contributed by atoms with van der Waals surface area (Å²) in [5.74, 6) is 0.685. The second kappa shape index (κ2) is 4.61. The molecule has 0 atom stereocenters. The van der Waals surface area contributed by atoms with Gasteiger partial charge in [-0.25, -0.2) is 0 Å². The van der Waals surface area contributed by atoms with Gasteiger partial charge in [0, 0.05) is 17.0 Å². The average molecular weight is 251 g/mol. The van der Waals surface area contributed by atoms with Crippen molar-refractivity contribution >= 4 is 11.0 Å². The number of hydrogen-bond donors (Lipinski definition) is 1. The SMILES string of the molecule is Cc1ccc2oc(-c3ccccc3)c/c(=N\O)c2c1. The van der Waals surface area contributed by atoms with E-state index in [1.165, 1.54) is 0 Å². The van der Waals surface area contributed by atoms with Crippen LogP contribution in [0.1, 0.15) is 5.56 Å². The summed E-state index contributed by atoms with van der Waals surface area (Å²) in [5.41, 5.74) is 2.76. The molecule has 0 amide bonds. The van der Waals surface area contributed by atoms with E-state index in [2.05, 4.69) is 5.16 Å². The molecular formula is C16H13NO2. The van der Waals surface area contributed by atoms with Gasteiger partial charge in [-0.15, -0.1) is 0 Å². The van der Waals surface area contributed by atoms with E-state index in [1.54, 1.807) is 6.07 Å². The van der Waals surface area contributed by atoms with Crippen LogP contribution in [0.4, 0.5) is 0 Å². The molecule has 3 heteroatoms. The van der Waals surface area contributed by atoms with E-state index < -0.39 is 0 Å². The number of rotatable bonds is 1. The van der Waals surface area contributed by atoms with Gasteiger partial charge in [-0.3, -0.25) is 0 Å². The van der Waals surface area contributed by atoms with Crippen molar-refractivity contribution in [1.82, 2.24) is 0 Å². The highest BCUT2D eigenvalue weighted by Gasteiger charge is 2.05. The minimum atomic E-state index is 0.517. The zero-order valence-electron chi connectivity index (χ0n) is 10.5. The fourth-order valence-electron chi connectivity index (χ4n) is 2.11. The fourth-order valence-corrected chi connectivity index (χ4v) is 2.11. The van der Waals surface area contributed by atoms with Crippen LogP contribution < -0.4 is 5.36 Å². The Balaban J connectivity index is 2.33. The predicted octanol–water partition coefficient (Wildman–Crippen LogP) is 3.70. The van der Waals surface area contributed by atoms with Crippen molar-refractivity contribution in [3.8, 4) is 11.3 Å². The van der Waals surface area contributed by atoms with Gasteiger partial charge in [0.15, 0.2) is 0 Å². The summed E-state index contributed by atoms with van der Waals surface area (Å²) in [7, 11) is 0. The van der Waals surface area contributed by atoms with Crippen LogP contribution in [0.15, 0.2) is 64.2 Å². The summed E-state index contributed by atoms with van der Waals surface area (Å²) in [6, 6.07) is 17.3. The summed E-state index contributed by atoms with van der Waals surface area (Å²) in [6.07, 6.45) is 0. The molecule has 0 aliphatic heterocycles. The third-order valence-electron chi connectivity index (χ3n) is 3.06. The number of hydrogen-bond acceptors (Lipinski definition) is 3. The predicted molar refractivity (Wildman–Crippen MR) is 73.7 cm³/mol. The van der Waals surface area contributed by atoms with E-state index in [1.807, 2.05) is 55.5 Å². The van der Waals surface area contributed by atoms with Gasteiger partial charge in [-0.2, -0.15) is 0 Å². The maximum atomic E-state index is 9.18. The molecule has 0 bridgehead atoms. The lowest BCUT2D eigenvalue weighted by atomic mass is 10.1. The zero-order valence-corrected chi connectivity index (χ0v) is 10.5. The lowest BCUT2D eigenvalue weighted by Gasteiger charge is -2.04. The molecule has 0 saturated heterocycles. The van der Waals surface area contributed by atoms with E-state index in [0.717, 1.165) is 16.5 Å². The van der Waals surface area contributed by atoms with Gasteiger partial charge in [0.25, 0.3) is 0 Å². The molecule has 0 radical (unpaired) electrons. The van der Waals surface area contributed by atoms with Crippen LogP contribution in [0.3, 0.4) is 0 Å². The Morgan fingerprint density at radius 1 is 1.00 bits per heavy atom. The molecule has 94 valence electrons. The Bertz CT molecular complexity index is 789. The van der Waals surface area contributed by atoms with Crippen LogP contribution in [-0.4, -0.2) is 5.21 Å². The molecule has 0 saturated carbocycles. The highest BCUT2D eigenvalue weighted by atomic mass is 16.4. The highest BCUT2D eigenvalue weighted by molar-refractivity contribution is 5.79. The first-order valence-electron chi connectivity index (χ1n) is 6.06. The Hall–Kier alpha value is -2.55. The molecule has 1 N–H and O–H groups in total. The smallest absolute Gasteiger partial charge is 0.137 e. The molecule has 0 aliphatic rings. The van der Waals surface area contributed by atoms with Gasteiger partial charge in [0.1, 0.15) is 16.7 Å². The molecule has 2 aromatic carbocycles. The average Bonchev–Trinajstić information content (AvgIpc) is 2.47. The second-order valence-electron chi connectivity index (χ2n) is 4.46. The largest absolute Gasteiger partial charge is 0.456 e. The second-order valence-corrected chi connectivity index (χ2v) is 4.46. The Morgan fingerprint density at radius 3 is 2.53 bits per heavy atom. The van der Waals surface area contributed by atoms with Crippen LogP contribution in [0, 0.1) is 6.92 Å². The van der Waals surface area contributed by atoms with Crippen LogP contribution >= 0.6 is 0 Å². The first-order valence-corrected chi connectivity index (χ1v) is 6.06. The Labute approximate surface area is 110 Å². The Kier molecular flexibility index (Phi) is 2.80. The monoisotopic (exact) mass is 251 g/mol. The topological polar surface area (TPSA) is 45.7 Å². The van der Waals surface area contributed by atoms with Crippen molar-refractivity contribution < 1.29 is 9.62 Å². The van der Waals surface area contributed by atoms with Crippen LogP contribution in [-0.2, 0) is 0 Å². The van der Waals surface area contributed by atoms with Gasteiger partial charge < -0.3 is 9.62 Å². The number of benzene rings is 2. The molecule has 0 aliphatic carbocycles. The lowest BCUT2D eigenvalue weighted by Crippen LogP contribution is -2.03. The molecule has 3 rings (SSSR count).